The van der Waals surface area contributed by atoms with Crippen LogP contribution in [0.2, 0.25) is 5.02 Å². The first-order chi connectivity index (χ1) is 12.8. The fourth-order valence-electron chi connectivity index (χ4n) is 4.76. The van der Waals surface area contributed by atoms with Crippen LogP contribution in [-0.4, -0.2) is 21.4 Å². The molecular weight excluding hydrogens is 358 g/mol. The minimum Gasteiger partial charge on any atom is -0.384 e. The van der Waals surface area contributed by atoms with Crippen molar-refractivity contribution in [3.63, 3.8) is 0 Å². The third-order valence-electron chi connectivity index (χ3n) is 5.62. The number of hydrogen-bond acceptors (Lipinski definition) is 3. The summed E-state index contributed by atoms with van der Waals surface area (Å²) >= 11 is 6.64. The van der Waals surface area contributed by atoms with Crippen LogP contribution in [0.5, 0.6) is 0 Å². The smallest absolute Gasteiger partial charge is 0.158 e. The second-order valence-electron chi connectivity index (χ2n) is 7.97. The lowest BCUT2D eigenvalue weighted by Gasteiger charge is -2.33. The van der Waals surface area contributed by atoms with Crippen molar-refractivity contribution in [2.24, 2.45) is 7.05 Å². The number of hydrogen-bond donors (Lipinski definition) is 1. The molecule has 0 saturated carbocycles. The molecule has 148 valence electrons. The molecule has 1 aliphatic rings. The highest BCUT2D eigenvalue weighted by Gasteiger charge is 2.37. The molecule has 5 heteroatoms. The van der Waals surface area contributed by atoms with E-state index in [0.717, 1.165) is 72.9 Å². The van der Waals surface area contributed by atoms with Gasteiger partial charge in [-0.1, -0.05) is 44.4 Å². The van der Waals surface area contributed by atoms with E-state index >= 15 is 0 Å². The molecule has 0 unspecified atom stereocenters. The van der Waals surface area contributed by atoms with Crippen LogP contribution in [0, 0.1) is 13.8 Å². The molecule has 0 fully saturated rings. The zero-order valence-electron chi connectivity index (χ0n) is 17.3. The van der Waals surface area contributed by atoms with Crippen molar-refractivity contribution >= 4 is 23.1 Å². The Morgan fingerprint density at radius 1 is 1.19 bits per heavy atom. The van der Waals surface area contributed by atoms with E-state index in [9.17, 15) is 5.11 Å². The van der Waals surface area contributed by atoms with Gasteiger partial charge in [0.15, 0.2) is 5.82 Å². The van der Waals surface area contributed by atoms with E-state index < -0.39 is 5.60 Å². The third kappa shape index (κ3) is 3.62. The molecule has 0 radical (unpaired) electrons. The number of benzene rings is 1. The Morgan fingerprint density at radius 2 is 1.85 bits per heavy atom. The Bertz CT molecular complexity index is 798. The van der Waals surface area contributed by atoms with Gasteiger partial charge in [0.1, 0.15) is 5.60 Å². The predicted octanol–water partition coefficient (Wildman–Crippen LogP) is 5.56. The SMILES string of the molecule is CCCC(O)(CCC)c1c2c(nn1C)N(c1c(C)cc(C)cc1Cl)CCC2. The number of rotatable bonds is 6. The Balaban J connectivity index is 2.14. The molecule has 2 heterocycles. The van der Waals surface area contributed by atoms with Crippen LogP contribution in [0.4, 0.5) is 11.5 Å². The first kappa shape index (κ1) is 20.2. The van der Waals surface area contributed by atoms with E-state index in [1.807, 2.05) is 17.8 Å². The number of aromatic nitrogens is 2. The lowest BCUT2D eigenvalue weighted by Crippen LogP contribution is -2.31. The third-order valence-corrected chi connectivity index (χ3v) is 5.91. The molecule has 0 saturated heterocycles. The van der Waals surface area contributed by atoms with Gasteiger partial charge in [-0.15, -0.1) is 0 Å². The normalized spacial score (nSPS) is 14.6. The molecular formula is C22H32ClN3O. The second kappa shape index (κ2) is 7.84. The maximum Gasteiger partial charge on any atom is 0.158 e. The molecule has 0 spiro atoms. The summed E-state index contributed by atoms with van der Waals surface area (Å²) in [6.07, 6.45) is 5.40. The standard InChI is InChI=1S/C22H32ClN3O/c1-6-10-22(27,11-7-2)20-17-9-8-12-26(21(17)24-25(20)5)19-16(4)13-15(3)14-18(19)23/h13-14,27H,6-12H2,1-5H3. The van der Waals surface area contributed by atoms with Gasteiger partial charge in [-0.2, -0.15) is 5.10 Å². The summed E-state index contributed by atoms with van der Waals surface area (Å²) in [5.74, 6) is 0.957. The van der Waals surface area contributed by atoms with Gasteiger partial charge in [0.2, 0.25) is 0 Å². The molecule has 0 amide bonds. The van der Waals surface area contributed by atoms with E-state index in [0.29, 0.717) is 0 Å². The summed E-state index contributed by atoms with van der Waals surface area (Å²) in [5, 5.41) is 17.1. The summed E-state index contributed by atoms with van der Waals surface area (Å²) in [5.41, 5.74) is 4.74. The highest BCUT2D eigenvalue weighted by Crippen LogP contribution is 2.44. The molecule has 2 aromatic rings. The van der Waals surface area contributed by atoms with Gasteiger partial charge in [0, 0.05) is 19.2 Å². The van der Waals surface area contributed by atoms with Crippen molar-refractivity contribution in [1.82, 2.24) is 9.78 Å². The average Bonchev–Trinajstić information content (AvgIpc) is 2.91. The summed E-state index contributed by atoms with van der Waals surface area (Å²) in [6.45, 7) is 9.33. The number of aryl methyl sites for hydroxylation is 3. The lowest BCUT2D eigenvalue weighted by molar-refractivity contribution is 0.00829. The lowest BCUT2D eigenvalue weighted by atomic mass is 9.85. The Kier molecular flexibility index (Phi) is 5.87. The summed E-state index contributed by atoms with van der Waals surface area (Å²) < 4.78 is 1.91. The van der Waals surface area contributed by atoms with Gasteiger partial charge in [-0.3, -0.25) is 4.68 Å². The summed E-state index contributed by atoms with van der Waals surface area (Å²) in [6, 6.07) is 4.19. The number of anilines is 2. The number of aliphatic hydroxyl groups is 1. The monoisotopic (exact) mass is 389 g/mol. The van der Waals surface area contributed by atoms with Crippen molar-refractivity contribution in [3.8, 4) is 0 Å². The topological polar surface area (TPSA) is 41.3 Å². The molecule has 0 atom stereocenters. The maximum atomic E-state index is 11.5. The molecule has 3 rings (SSSR count). The Labute approximate surface area is 168 Å². The van der Waals surface area contributed by atoms with Gasteiger partial charge in [-0.05, 0) is 56.7 Å². The molecule has 1 aromatic carbocycles. The van der Waals surface area contributed by atoms with Crippen LogP contribution in [0.25, 0.3) is 0 Å². The van der Waals surface area contributed by atoms with E-state index in [-0.39, 0.29) is 0 Å². The van der Waals surface area contributed by atoms with Crippen molar-refractivity contribution in [1.29, 1.82) is 0 Å². The quantitative estimate of drug-likeness (QED) is 0.702. The van der Waals surface area contributed by atoms with Gasteiger partial charge >= 0.3 is 0 Å². The largest absolute Gasteiger partial charge is 0.384 e. The minimum atomic E-state index is -0.812. The van der Waals surface area contributed by atoms with Crippen LogP contribution in [0.3, 0.4) is 0 Å². The zero-order valence-corrected chi connectivity index (χ0v) is 18.0. The Morgan fingerprint density at radius 3 is 2.44 bits per heavy atom. The highest BCUT2D eigenvalue weighted by molar-refractivity contribution is 6.33. The van der Waals surface area contributed by atoms with Gasteiger partial charge < -0.3 is 10.0 Å². The Hall–Kier alpha value is -1.52. The molecule has 1 aromatic heterocycles. The van der Waals surface area contributed by atoms with E-state index in [4.69, 9.17) is 16.7 Å². The summed E-state index contributed by atoms with van der Waals surface area (Å²) in [4.78, 5) is 2.25. The summed E-state index contributed by atoms with van der Waals surface area (Å²) in [7, 11) is 1.96. The van der Waals surface area contributed by atoms with Crippen LogP contribution < -0.4 is 4.90 Å². The fraction of sp³-hybridized carbons (Fsp3) is 0.591. The van der Waals surface area contributed by atoms with Crippen LogP contribution in [0.15, 0.2) is 12.1 Å². The minimum absolute atomic E-state index is 0.761. The van der Waals surface area contributed by atoms with Gasteiger partial charge in [0.05, 0.1) is 16.4 Å². The molecule has 1 aliphatic heterocycles. The van der Waals surface area contributed by atoms with Gasteiger partial charge in [0.25, 0.3) is 0 Å². The van der Waals surface area contributed by atoms with Crippen LogP contribution in [0.1, 0.15) is 68.3 Å². The van der Waals surface area contributed by atoms with Gasteiger partial charge in [-0.25, -0.2) is 0 Å². The maximum absolute atomic E-state index is 11.5. The van der Waals surface area contributed by atoms with E-state index in [2.05, 4.69) is 38.7 Å². The predicted molar refractivity (Wildman–Crippen MR) is 113 cm³/mol. The van der Waals surface area contributed by atoms with Crippen molar-refractivity contribution in [2.45, 2.75) is 71.8 Å². The molecule has 1 N–H and O–H groups in total. The fourth-order valence-corrected chi connectivity index (χ4v) is 5.18. The molecule has 27 heavy (non-hydrogen) atoms. The molecule has 0 bridgehead atoms. The van der Waals surface area contributed by atoms with E-state index in [1.54, 1.807) is 0 Å². The van der Waals surface area contributed by atoms with Crippen LogP contribution in [-0.2, 0) is 19.1 Å². The number of halogens is 1. The second-order valence-corrected chi connectivity index (χ2v) is 8.38. The molecule has 0 aliphatic carbocycles. The van der Waals surface area contributed by atoms with Crippen LogP contribution >= 0.6 is 11.6 Å². The molecule has 4 nitrogen and oxygen atoms in total. The number of nitrogens with zero attached hydrogens (tertiary/aromatic N) is 3. The average molecular weight is 390 g/mol. The van der Waals surface area contributed by atoms with E-state index in [1.165, 1.54) is 11.1 Å². The number of fused-ring (bicyclic) bond motifs is 1. The van der Waals surface area contributed by atoms with Crippen molar-refractivity contribution in [2.75, 3.05) is 11.4 Å². The highest BCUT2D eigenvalue weighted by atomic mass is 35.5. The van der Waals surface area contributed by atoms with Crippen molar-refractivity contribution in [3.05, 3.63) is 39.5 Å². The zero-order chi connectivity index (χ0) is 19.8. The first-order valence-corrected chi connectivity index (χ1v) is 10.5. The van der Waals surface area contributed by atoms with Crippen molar-refractivity contribution < 1.29 is 5.11 Å². The first-order valence-electron chi connectivity index (χ1n) is 10.2.